The van der Waals surface area contributed by atoms with Crippen LogP contribution in [0.2, 0.25) is 0 Å². The van der Waals surface area contributed by atoms with E-state index in [0.29, 0.717) is 5.39 Å². The summed E-state index contributed by atoms with van der Waals surface area (Å²) in [4.78, 5) is 10.6. The van der Waals surface area contributed by atoms with Crippen LogP contribution in [0.15, 0.2) is 24.3 Å². The first-order chi connectivity index (χ1) is 6.20. The zero-order valence-electron chi connectivity index (χ0n) is 6.52. The van der Waals surface area contributed by atoms with Gasteiger partial charge in [0.15, 0.2) is 4.88 Å². The highest BCUT2D eigenvalue weighted by Gasteiger charge is 2.15. The molecule has 0 unspecified atom stereocenters. The molecule has 1 aromatic heterocycles. The second-order valence-electron chi connectivity index (χ2n) is 2.58. The number of carboxylic acids is 1. The van der Waals surface area contributed by atoms with Crippen molar-refractivity contribution in [3.05, 3.63) is 29.1 Å². The summed E-state index contributed by atoms with van der Waals surface area (Å²) in [5.74, 6) is -1.22. The molecule has 2 rings (SSSR count). The molecule has 0 radical (unpaired) electrons. The highest BCUT2D eigenvalue weighted by atomic mass is 32.1. The molecule has 4 heteroatoms. The van der Waals surface area contributed by atoms with Gasteiger partial charge in [0.1, 0.15) is 5.75 Å². The van der Waals surface area contributed by atoms with Crippen molar-refractivity contribution in [2.24, 2.45) is 0 Å². The van der Waals surface area contributed by atoms with E-state index in [1.807, 2.05) is 6.07 Å². The van der Waals surface area contributed by atoms with Gasteiger partial charge < -0.3 is 10.2 Å². The Hall–Kier alpha value is -1.55. The van der Waals surface area contributed by atoms with Crippen LogP contribution in [0.4, 0.5) is 0 Å². The third-order valence-electron chi connectivity index (χ3n) is 1.76. The fraction of sp³-hybridized carbons (Fsp3) is 0. The number of benzene rings is 1. The summed E-state index contributed by atoms with van der Waals surface area (Å²) in [5, 5.41) is 18.8. The maximum absolute atomic E-state index is 10.6. The first kappa shape index (κ1) is 8.07. The molecule has 3 nitrogen and oxygen atoms in total. The van der Waals surface area contributed by atoms with Crippen molar-refractivity contribution in [2.75, 3.05) is 0 Å². The van der Waals surface area contributed by atoms with Gasteiger partial charge in [0.2, 0.25) is 0 Å². The van der Waals surface area contributed by atoms with Gasteiger partial charge in [-0.05, 0) is 12.1 Å². The van der Waals surface area contributed by atoms with Gasteiger partial charge in [-0.15, -0.1) is 11.3 Å². The van der Waals surface area contributed by atoms with E-state index in [-0.39, 0.29) is 10.6 Å². The van der Waals surface area contributed by atoms with Crippen LogP contribution >= 0.6 is 11.3 Å². The number of carboxylic acid groups (broad SMARTS) is 1. The van der Waals surface area contributed by atoms with Crippen LogP contribution in [0.1, 0.15) is 9.67 Å². The van der Waals surface area contributed by atoms with Crippen LogP contribution < -0.4 is 0 Å². The first-order valence-electron chi connectivity index (χ1n) is 3.64. The molecule has 1 heterocycles. The topological polar surface area (TPSA) is 57.5 Å². The molecule has 2 aromatic rings. The second-order valence-corrected chi connectivity index (χ2v) is 3.63. The standard InChI is InChI=1S/C9H6O3S/c10-7-5-3-1-2-4-6(5)13-8(7)9(11)12/h1-4,10H,(H,11,12). The van der Waals surface area contributed by atoms with E-state index in [9.17, 15) is 9.90 Å². The fourth-order valence-electron chi connectivity index (χ4n) is 1.18. The van der Waals surface area contributed by atoms with Crippen LogP contribution in [-0.4, -0.2) is 16.2 Å². The van der Waals surface area contributed by atoms with Crippen LogP contribution in [0.25, 0.3) is 10.1 Å². The Balaban J connectivity index is 2.81. The lowest BCUT2D eigenvalue weighted by Crippen LogP contribution is -1.90. The van der Waals surface area contributed by atoms with Crippen molar-refractivity contribution in [1.29, 1.82) is 0 Å². The van der Waals surface area contributed by atoms with Gasteiger partial charge in [-0.1, -0.05) is 12.1 Å². The number of thiophene rings is 1. The van der Waals surface area contributed by atoms with Crippen LogP contribution in [0.5, 0.6) is 5.75 Å². The Morgan fingerprint density at radius 2 is 2.00 bits per heavy atom. The smallest absolute Gasteiger partial charge is 0.349 e. The van der Waals surface area contributed by atoms with Crippen molar-refractivity contribution in [1.82, 2.24) is 0 Å². The van der Waals surface area contributed by atoms with Crippen LogP contribution in [0, 0.1) is 0 Å². The lowest BCUT2D eigenvalue weighted by atomic mass is 10.2. The predicted octanol–water partition coefficient (Wildman–Crippen LogP) is 2.31. The Bertz CT molecular complexity index is 473. The quantitative estimate of drug-likeness (QED) is 0.732. The van der Waals surface area contributed by atoms with Gasteiger partial charge in [0.05, 0.1) is 0 Å². The third kappa shape index (κ3) is 1.15. The van der Waals surface area contributed by atoms with Crippen molar-refractivity contribution in [3.63, 3.8) is 0 Å². The van der Waals surface area contributed by atoms with Gasteiger partial charge in [0, 0.05) is 10.1 Å². The highest BCUT2D eigenvalue weighted by Crippen LogP contribution is 2.36. The average Bonchev–Trinajstić information content (AvgIpc) is 2.45. The summed E-state index contributed by atoms with van der Waals surface area (Å²) in [6, 6.07) is 7.06. The summed E-state index contributed by atoms with van der Waals surface area (Å²) in [7, 11) is 0. The third-order valence-corrected chi connectivity index (χ3v) is 2.91. The van der Waals surface area contributed by atoms with Crippen molar-refractivity contribution >= 4 is 27.4 Å². The normalized spacial score (nSPS) is 10.5. The summed E-state index contributed by atoms with van der Waals surface area (Å²) in [6.07, 6.45) is 0. The van der Waals surface area contributed by atoms with Crippen LogP contribution in [0.3, 0.4) is 0 Å². The van der Waals surface area contributed by atoms with Gasteiger partial charge >= 0.3 is 5.97 Å². The molecule has 0 aliphatic heterocycles. The van der Waals surface area contributed by atoms with E-state index >= 15 is 0 Å². The summed E-state index contributed by atoms with van der Waals surface area (Å²) >= 11 is 1.08. The number of hydrogen-bond donors (Lipinski definition) is 2. The average molecular weight is 194 g/mol. The van der Waals surface area contributed by atoms with Gasteiger partial charge in [0.25, 0.3) is 0 Å². The number of carbonyl (C=O) groups is 1. The van der Waals surface area contributed by atoms with E-state index in [0.717, 1.165) is 16.0 Å². The number of aromatic hydroxyl groups is 1. The minimum absolute atomic E-state index is 0.00111. The molecular formula is C9H6O3S. The molecule has 0 aliphatic carbocycles. The zero-order valence-corrected chi connectivity index (χ0v) is 7.34. The van der Waals surface area contributed by atoms with Gasteiger partial charge in [-0.25, -0.2) is 4.79 Å². The van der Waals surface area contributed by atoms with E-state index in [1.54, 1.807) is 18.2 Å². The molecule has 2 N–H and O–H groups in total. The molecule has 0 atom stereocenters. The van der Waals surface area contributed by atoms with Crippen molar-refractivity contribution in [3.8, 4) is 5.75 Å². The summed E-state index contributed by atoms with van der Waals surface area (Å²) in [5.41, 5.74) is 0. The van der Waals surface area contributed by atoms with Gasteiger partial charge in [-0.2, -0.15) is 0 Å². The molecule has 0 aliphatic rings. The van der Waals surface area contributed by atoms with Crippen LogP contribution in [-0.2, 0) is 0 Å². The minimum Gasteiger partial charge on any atom is -0.505 e. The maximum atomic E-state index is 10.6. The van der Waals surface area contributed by atoms with E-state index in [1.165, 1.54) is 0 Å². The molecule has 1 aromatic carbocycles. The largest absolute Gasteiger partial charge is 0.505 e. The monoisotopic (exact) mass is 194 g/mol. The fourth-order valence-corrected chi connectivity index (χ4v) is 2.11. The zero-order chi connectivity index (χ0) is 9.42. The molecule has 0 saturated heterocycles. The Morgan fingerprint density at radius 1 is 1.31 bits per heavy atom. The number of fused-ring (bicyclic) bond motifs is 1. The maximum Gasteiger partial charge on any atom is 0.349 e. The minimum atomic E-state index is -1.08. The predicted molar refractivity (Wildman–Crippen MR) is 50.4 cm³/mol. The molecule has 0 spiro atoms. The number of aromatic carboxylic acids is 1. The second kappa shape index (κ2) is 2.74. The Kier molecular flexibility index (Phi) is 1.70. The molecule has 0 saturated carbocycles. The van der Waals surface area contributed by atoms with Crippen molar-refractivity contribution in [2.45, 2.75) is 0 Å². The van der Waals surface area contributed by atoms with E-state index in [2.05, 4.69) is 0 Å². The lowest BCUT2D eigenvalue weighted by molar-refractivity contribution is 0.0699. The summed E-state index contributed by atoms with van der Waals surface area (Å²) in [6.45, 7) is 0. The molecule has 0 amide bonds. The van der Waals surface area contributed by atoms with E-state index < -0.39 is 5.97 Å². The van der Waals surface area contributed by atoms with Crippen molar-refractivity contribution < 1.29 is 15.0 Å². The Labute approximate surface area is 77.9 Å². The van der Waals surface area contributed by atoms with E-state index in [4.69, 9.17) is 5.11 Å². The molecule has 13 heavy (non-hydrogen) atoms. The van der Waals surface area contributed by atoms with Gasteiger partial charge in [-0.3, -0.25) is 0 Å². The number of hydrogen-bond acceptors (Lipinski definition) is 3. The number of rotatable bonds is 1. The molecule has 66 valence electrons. The molecule has 0 bridgehead atoms. The Morgan fingerprint density at radius 3 is 2.62 bits per heavy atom. The molecular weight excluding hydrogens is 188 g/mol. The SMILES string of the molecule is O=C(O)c1sc2ccccc2c1O. The first-order valence-corrected chi connectivity index (χ1v) is 4.45. The highest BCUT2D eigenvalue weighted by molar-refractivity contribution is 7.21. The lowest BCUT2D eigenvalue weighted by Gasteiger charge is -1.89. The summed E-state index contributed by atoms with van der Waals surface area (Å²) < 4.78 is 0.789. The molecule has 0 fully saturated rings.